The summed E-state index contributed by atoms with van der Waals surface area (Å²) in [5.41, 5.74) is 0.310. The smallest absolute Gasteiger partial charge is 0.238 e. The summed E-state index contributed by atoms with van der Waals surface area (Å²) in [5, 5.41) is 10.2. The molecule has 2 amide bonds. The molecule has 10 heteroatoms. The lowest BCUT2D eigenvalue weighted by atomic mass is 10.3. The first-order chi connectivity index (χ1) is 11.2. The zero-order valence-corrected chi connectivity index (χ0v) is 14.4. The van der Waals surface area contributed by atoms with Gasteiger partial charge in [-0.3, -0.25) is 14.5 Å². The summed E-state index contributed by atoms with van der Waals surface area (Å²) in [4.78, 5) is 25.0. The Morgan fingerprint density at radius 1 is 1.25 bits per heavy atom. The molecule has 0 saturated heterocycles. The summed E-state index contributed by atoms with van der Waals surface area (Å²) in [6, 6.07) is 5.62. The molecule has 0 aliphatic rings. The van der Waals surface area contributed by atoms with Crippen molar-refractivity contribution in [3.8, 4) is 0 Å². The van der Waals surface area contributed by atoms with Crippen molar-refractivity contribution in [1.82, 2.24) is 10.2 Å². The maximum Gasteiger partial charge on any atom is 0.238 e. The summed E-state index contributed by atoms with van der Waals surface area (Å²) in [6.45, 7) is 0.831. The van der Waals surface area contributed by atoms with Crippen LogP contribution in [0.4, 0.5) is 5.69 Å². The van der Waals surface area contributed by atoms with E-state index in [1.807, 2.05) is 0 Å². The third-order valence-electron chi connectivity index (χ3n) is 2.90. The first kappa shape index (κ1) is 20.0. The summed E-state index contributed by atoms with van der Waals surface area (Å²) in [6.07, 6.45) is 0. The predicted octanol–water partition coefficient (Wildman–Crippen LogP) is -1.03. The third kappa shape index (κ3) is 7.51. The van der Waals surface area contributed by atoms with Crippen molar-refractivity contribution >= 4 is 27.5 Å². The second-order valence-corrected chi connectivity index (χ2v) is 6.70. The molecule has 1 aromatic rings. The van der Waals surface area contributed by atoms with Gasteiger partial charge in [0.05, 0.1) is 24.6 Å². The first-order valence-corrected chi connectivity index (χ1v) is 8.64. The number of nitrogens with two attached hydrogens (primary N) is 1. The van der Waals surface area contributed by atoms with Crippen LogP contribution in [0, 0.1) is 0 Å². The van der Waals surface area contributed by atoms with E-state index in [9.17, 15) is 18.0 Å². The van der Waals surface area contributed by atoms with Gasteiger partial charge < -0.3 is 15.4 Å². The Balaban J connectivity index is 2.50. The van der Waals surface area contributed by atoms with Crippen LogP contribution in [0.25, 0.3) is 0 Å². The number of benzene rings is 1. The van der Waals surface area contributed by atoms with Gasteiger partial charge in [0.25, 0.3) is 0 Å². The molecule has 0 heterocycles. The SMILES string of the molecule is COCCNC(=O)CN(C)CC(=O)Nc1cccc(S(N)(=O)=O)c1. The van der Waals surface area contributed by atoms with Crippen LogP contribution in [0.5, 0.6) is 0 Å². The molecule has 0 unspecified atom stereocenters. The van der Waals surface area contributed by atoms with Crippen LogP contribution in [0.15, 0.2) is 29.2 Å². The highest BCUT2D eigenvalue weighted by Gasteiger charge is 2.12. The maximum absolute atomic E-state index is 11.9. The van der Waals surface area contributed by atoms with Gasteiger partial charge in [-0.2, -0.15) is 0 Å². The van der Waals surface area contributed by atoms with Crippen LogP contribution in [-0.2, 0) is 24.3 Å². The van der Waals surface area contributed by atoms with E-state index in [4.69, 9.17) is 9.88 Å². The summed E-state index contributed by atoms with van der Waals surface area (Å²) in [7, 11) is -0.680. The van der Waals surface area contributed by atoms with Gasteiger partial charge in [0.1, 0.15) is 0 Å². The number of anilines is 1. The van der Waals surface area contributed by atoms with Gasteiger partial charge in [-0.15, -0.1) is 0 Å². The number of carbonyl (C=O) groups excluding carboxylic acids is 2. The molecule has 9 nitrogen and oxygen atoms in total. The van der Waals surface area contributed by atoms with Gasteiger partial charge in [0.2, 0.25) is 21.8 Å². The number of rotatable bonds is 9. The number of nitrogens with zero attached hydrogens (tertiary/aromatic N) is 1. The first-order valence-electron chi connectivity index (χ1n) is 7.09. The molecule has 0 fully saturated rings. The monoisotopic (exact) mass is 358 g/mol. The summed E-state index contributed by atoms with van der Waals surface area (Å²) < 4.78 is 27.4. The molecule has 134 valence electrons. The number of hydrogen-bond donors (Lipinski definition) is 3. The third-order valence-corrected chi connectivity index (χ3v) is 3.81. The Kier molecular flexibility index (Phi) is 7.79. The number of hydrogen-bond acceptors (Lipinski definition) is 6. The highest BCUT2D eigenvalue weighted by molar-refractivity contribution is 7.89. The van der Waals surface area contributed by atoms with Gasteiger partial charge >= 0.3 is 0 Å². The van der Waals surface area contributed by atoms with Crippen LogP contribution >= 0.6 is 0 Å². The van der Waals surface area contributed by atoms with E-state index in [0.29, 0.717) is 18.8 Å². The Hall–Kier alpha value is -2.01. The zero-order chi connectivity index (χ0) is 18.2. The number of nitrogens with one attached hydrogen (secondary N) is 2. The molecule has 1 aromatic carbocycles. The van der Waals surface area contributed by atoms with E-state index >= 15 is 0 Å². The Labute approximate surface area is 141 Å². The van der Waals surface area contributed by atoms with Crippen molar-refractivity contribution < 1.29 is 22.7 Å². The van der Waals surface area contributed by atoms with Crippen LogP contribution in [0.2, 0.25) is 0 Å². The van der Waals surface area contributed by atoms with Crippen LogP contribution in [-0.4, -0.2) is 65.5 Å². The van der Waals surface area contributed by atoms with Gasteiger partial charge in [0, 0.05) is 19.3 Å². The van der Waals surface area contributed by atoms with Crippen molar-refractivity contribution in [3.05, 3.63) is 24.3 Å². The van der Waals surface area contributed by atoms with E-state index in [1.54, 1.807) is 13.1 Å². The fourth-order valence-electron chi connectivity index (χ4n) is 1.85. The number of methoxy groups -OCH3 is 1. The fraction of sp³-hybridized carbons (Fsp3) is 0.429. The molecule has 0 atom stereocenters. The minimum Gasteiger partial charge on any atom is -0.383 e. The topological polar surface area (TPSA) is 131 Å². The van der Waals surface area contributed by atoms with E-state index in [0.717, 1.165) is 0 Å². The van der Waals surface area contributed by atoms with E-state index < -0.39 is 10.0 Å². The molecule has 0 radical (unpaired) electrons. The predicted molar refractivity (Wildman–Crippen MR) is 88.8 cm³/mol. The Morgan fingerprint density at radius 3 is 2.54 bits per heavy atom. The molecule has 0 aliphatic carbocycles. The zero-order valence-electron chi connectivity index (χ0n) is 13.6. The van der Waals surface area contributed by atoms with Crippen molar-refractivity contribution in [2.45, 2.75) is 4.90 Å². The van der Waals surface area contributed by atoms with Crippen molar-refractivity contribution in [2.24, 2.45) is 5.14 Å². The number of ether oxygens (including phenoxy) is 1. The minimum absolute atomic E-state index is 0.0305. The molecule has 0 bridgehead atoms. The largest absolute Gasteiger partial charge is 0.383 e. The highest BCUT2D eigenvalue weighted by atomic mass is 32.2. The van der Waals surface area contributed by atoms with E-state index in [2.05, 4.69) is 10.6 Å². The van der Waals surface area contributed by atoms with Crippen LogP contribution in [0.1, 0.15) is 0 Å². The van der Waals surface area contributed by atoms with Gasteiger partial charge in [-0.25, -0.2) is 13.6 Å². The van der Waals surface area contributed by atoms with Crippen molar-refractivity contribution in [3.63, 3.8) is 0 Å². The summed E-state index contributed by atoms with van der Waals surface area (Å²) in [5.74, 6) is -0.604. The Morgan fingerprint density at radius 2 is 1.92 bits per heavy atom. The minimum atomic E-state index is -3.84. The normalized spacial score (nSPS) is 11.3. The molecule has 1 rings (SSSR count). The van der Waals surface area contributed by atoms with E-state index in [-0.39, 0.29) is 29.8 Å². The molecule has 0 spiro atoms. The van der Waals surface area contributed by atoms with Gasteiger partial charge in [-0.05, 0) is 25.2 Å². The molecule has 24 heavy (non-hydrogen) atoms. The lowest BCUT2D eigenvalue weighted by molar-refractivity contribution is -0.123. The van der Waals surface area contributed by atoms with Gasteiger partial charge in [0.15, 0.2) is 0 Å². The lowest BCUT2D eigenvalue weighted by Crippen LogP contribution is -2.39. The maximum atomic E-state index is 11.9. The standard InChI is InChI=1S/C14H22N4O5S/c1-18(9-13(19)16-6-7-23-2)10-14(20)17-11-4-3-5-12(8-11)24(15,21)22/h3-5,8H,6-7,9-10H2,1-2H3,(H,16,19)(H,17,20)(H2,15,21,22). The van der Waals surface area contributed by atoms with E-state index in [1.165, 1.54) is 30.2 Å². The summed E-state index contributed by atoms with van der Waals surface area (Å²) >= 11 is 0. The number of amides is 2. The molecular weight excluding hydrogens is 336 g/mol. The Bertz CT molecular complexity index is 677. The number of carbonyl (C=O) groups is 2. The number of sulfonamides is 1. The molecule has 0 saturated carbocycles. The lowest BCUT2D eigenvalue weighted by Gasteiger charge is -2.16. The average molecular weight is 358 g/mol. The molecule has 0 aromatic heterocycles. The number of likely N-dealkylation sites (N-methyl/N-ethyl adjacent to an activating group) is 1. The highest BCUT2D eigenvalue weighted by Crippen LogP contribution is 2.13. The molecular formula is C14H22N4O5S. The quantitative estimate of drug-likeness (QED) is 0.484. The van der Waals surface area contributed by atoms with Gasteiger partial charge in [-0.1, -0.05) is 6.07 Å². The van der Waals surface area contributed by atoms with Crippen LogP contribution in [0.3, 0.4) is 0 Å². The average Bonchev–Trinajstić information content (AvgIpc) is 2.46. The second-order valence-electron chi connectivity index (χ2n) is 5.14. The number of primary sulfonamides is 1. The molecule has 4 N–H and O–H groups in total. The second kappa shape index (κ2) is 9.33. The molecule has 0 aliphatic heterocycles. The van der Waals surface area contributed by atoms with Crippen LogP contribution < -0.4 is 15.8 Å². The van der Waals surface area contributed by atoms with Crippen molar-refractivity contribution in [1.29, 1.82) is 0 Å². The van der Waals surface area contributed by atoms with Crippen molar-refractivity contribution in [2.75, 3.05) is 45.7 Å². The fourth-order valence-corrected chi connectivity index (χ4v) is 2.41.